The molecule has 0 rings (SSSR count). The van der Waals surface area contributed by atoms with Gasteiger partial charge in [-0.1, -0.05) is 336 Å². The summed E-state index contributed by atoms with van der Waals surface area (Å²) < 4.78 is 26.0. The van der Waals surface area contributed by atoms with Crippen LogP contribution in [0.15, 0.2) is 0 Å². The lowest BCUT2D eigenvalue weighted by atomic mass is 10.0. The van der Waals surface area contributed by atoms with Gasteiger partial charge in [-0.2, -0.15) is 0 Å². The van der Waals surface area contributed by atoms with Gasteiger partial charge in [0.1, 0.15) is 39.0 Å². The first-order valence-corrected chi connectivity index (χ1v) is 40.4. The van der Waals surface area contributed by atoms with Crippen LogP contribution in [0, 0.1) is 0 Å². The van der Waals surface area contributed by atoms with Crippen LogP contribution in [0.1, 0.15) is 419 Å². The third kappa shape index (κ3) is 86.8. The quantitative estimate of drug-likeness (QED) is 0.0190. The molecular formula is C79H146Cl2O15. The molecule has 0 amide bonds. The molecule has 0 unspecified atom stereocenters. The average Bonchev–Trinajstić information content (AvgIpc) is 3.48. The maximum absolute atomic E-state index is 12.2. The molecule has 0 spiro atoms. The van der Waals surface area contributed by atoms with E-state index < -0.39 is 42.5 Å². The summed E-state index contributed by atoms with van der Waals surface area (Å²) in [6.45, 7) is 8.25. The summed E-state index contributed by atoms with van der Waals surface area (Å²) in [4.78, 5) is 91.3. The van der Waals surface area contributed by atoms with Crippen molar-refractivity contribution in [3.8, 4) is 0 Å². The molecule has 0 aliphatic heterocycles. The zero-order valence-corrected chi connectivity index (χ0v) is 63.6. The van der Waals surface area contributed by atoms with Crippen LogP contribution in [0.3, 0.4) is 0 Å². The van der Waals surface area contributed by atoms with Gasteiger partial charge in [0.25, 0.3) is 0 Å². The summed E-state index contributed by atoms with van der Waals surface area (Å²) in [5.74, 6) is -3.64. The Morgan fingerprint density at radius 3 is 0.625 bits per heavy atom. The number of aliphatic hydroxyl groups excluding tert-OH is 1. The third-order valence-electron chi connectivity index (χ3n) is 17.3. The molecule has 0 saturated carbocycles. The number of hydrogen-bond donors (Lipinski definition) is 2. The normalized spacial score (nSPS) is 11.0. The Bertz CT molecular complexity index is 1660. The van der Waals surface area contributed by atoms with Crippen LogP contribution in [0.25, 0.3) is 0 Å². The summed E-state index contributed by atoms with van der Waals surface area (Å²) in [5, 5.41) is 18.1. The molecule has 0 aromatic rings. The van der Waals surface area contributed by atoms with E-state index in [4.69, 9.17) is 52.0 Å². The smallest absolute Gasteiger partial charge is 0.317 e. The molecule has 0 radical (unpaired) electrons. The largest absolute Gasteiger partial charge is 0.481 e. The lowest BCUT2D eigenvalue weighted by Gasteiger charge is -2.18. The molecule has 15 nitrogen and oxygen atoms in total. The molecule has 0 heterocycles. The summed E-state index contributed by atoms with van der Waals surface area (Å²) >= 11 is 10.1. The fourth-order valence-corrected chi connectivity index (χ4v) is 11.5. The fourth-order valence-electron chi connectivity index (χ4n) is 11.2. The van der Waals surface area contributed by atoms with Gasteiger partial charge in [-0.25, -0.2) is 0 Å². The van der Waals surface area contributed by atoms with E-state index in [1.54, 1.807) is 0 Å². The van der Waals surface area contributed by atoms with Gasteiger partial charge in [0, 0.05) is 38.5 Å². The Balaban J connectivity index is -0.00000158. The molecule has 0 aromatic heterocycles. The maximum atomic E-state index is 12.2. The number of carbonyl (C=O) groups is 8. The number of carboxylic acid groups (broad SMARTS) is 1. The van der Waals surface area contributed by atoms with Crippen molar-refractivity contribution in [2.75, 3.05) is 26.4 Å². The molecule has 0 saturated heterocycles. The Kier molecular flexibility index (Phi) is 81.4. The van der Waals surface area contributed by atoms with Gasteiger partial charge < -0.3 is 33.9 Å². The van der Waals surface area contributed by atoms with Gasteiger partial charge in [-0.15, -0.1) is 0 Å². The molecule has 566 valence electrons. The van der Waals surface area contributed by atoms with Crippen LogP contribution in [-0.4, -0.2) is 95.1 Å². The number of aliphatic hydroxyl groups is 1. The number of ether oxygens (including phenoxy) is 5. The topological polar surface area (TPSA) is 223 Å². The van der Waals surface area contributed by atoms with E-state index >= 15 is 0 Å². The highest BCUT2D eigenvalue weighted by molar-refractivity contribution is 6.63. The maximum Gasteiger partial charge on any atom is 0.317 e. The second-order valence-electron chi connectivity index (χ2n) is 27.0. The number of aliphatic carboxylic acids is 1. The van der Waals surface area contributed by atoms with Crippen molar-refractivity contribution in [2.45, 2.75) is 432 Å². The Labute approximate surface area is 596 Å². The Morgan fingerprint density at radius 2 is 0.438 bits per heavy atom. The predicted molar refractivity (Wildman–Crippen MR) is 393 cm³/mol. The second-order valence-corrected chi connectivity index (χ2v) is 27.8. The number of halogens is 2. The summed E-state index contributed by atoms with van der Waals surface area (Å²) in [7, 11) is 0. The number of carboxylic acids is 1. The highest BCUT2D eigenvalue weighted by Crippen LogP contribution is 2.19. The molecule has 0 bridgehead atoms. The van der Waals surface area contributed by atoms with Crippen LogP contribution in [-0.2, 0) is 62.0 Å². The molecule has 2 N–H and O–H groups in total. The predicted octanol–water partition coefficient (Wildman–Crippen LogP) is 22.9. The number of unbranched alkanes of at least 4 members (excludes halogenated alkanes) is 49. The van der Waals surface area contributed by atoms with E-state index in [2.05, 4.69) is 27.7 Å². The van der Waals surface area contributed by atoms with Crippen LogP contribution >= 0.6 is 23.2 Å². The molecule has 0 fully saturated rings. The van der Waals surface area contributed by atoms with Crippen molar-refractivity contribution in [3.63, 3.8) is 0 Å². The Morgan fingerprint density at radius 1 is 0.260 bits per heavy atom. The van der Waals surface area contributed by atoms with Crippen LogP contribution in [0.5, 0.6) is 0 Å². The number of carbonyl (C=O) groups excluding carboxylic acids is 7. The number of rotatable bonds is 72. The van der Waals surface area contributed by atoms with Crippen molar-refractivity contribution in [1.82, 2.24) is 0 Å². The first-order valence-electron chi connectivity index (χ1n) is 39.7. The van der Waals surface area contributed by atoms with Crippen molar-refractivity contribution < 1.29 is 72.3 Å². The van der Waals surface area contributed by atoms with Crippen molar-refractivity contribution in [2.24, 2.45) is 0 Å². The van der Waals surface area contributed by atoms with E-state index in [0.29, 0.717) is 38.5 Å². The zero-order valence-electron chi connectivity index (χ0n) is 62.1. The highest BCUT2D eigenvalue weighted by atomic mass is 35.5. The lowest BCUT2D eigenvalue weighted by molar-refractivity contribution is -0.169. The number of hydrogen-bond acceptors (Lipinski definition) is 14. The van der Waals surface area contributed by atoms with Gasteiger partial charge in [0.2, 0.25) is 10.5 Å². The molecular weight excluding hydrogens is 1260 g/mol. The van der Waals surface area contributed by atoms with E-state index in [1.807, 2.05) is 0 Å². The van der Waals surface area contributed by atoms with E-state index in [0.717, 1.165) is 64.2 Å². The molecule has 0 aliphatic carbocycles. The second kappa shape index (κ2) is 80.7. The SMILES string of the molecule is CCCCCCCCCCCCCCCC(=O)OCC(COC(=O)CCCCCCCCCCCCCCC)OC(=O)CC(=O)O.CCCCCCCCCCCCCCCC(=O)OCC(O)COC(=O)CCCCCCCCCCCCCCC.O=C(Cl)CCCCC(=O)Cl. The summed E-state index contributed by atoms with van der Waals surface area (Å²) in [6, 6.07) is 0. The van der Waals surface area contributed by atoms with E-state index in [9.17, 15) is 43.5 Å². The van der Waals surface area contributed by atoms with Gasteiger partial charge in [-0.3, -0.25) is 38.4 Å². The minimum Gasteiger partial charge on any atom is -0.481 e. The fraction of sp³-hybridized carbons (Fsp3) is 0.899. The first kappa shape index (κ1) is 96.9. The van der Waals surface area contributed by atoms with Crippen LogP contribution < -0.4 is 0 Å². The van der Waals surface area contributed by atoms with E-state index in [-0.39, 0.29) is 61.7 Å². The van der Waals surface area contributed by atoms with Crippen molar-refractivity contribution >= 4 is 69.5 Å². The Hall–Kier alpha value is -3.30. The van der Waals surface area contributed by atoms with Gasteiger partial charge >= 0.3 is 35.8 Å². The molecule has 0 aromatic carbocycles. The van der Waals surface area contributed by atoms with Crippen LogP contribution in [0.4, 0.5) is 0 Å². The average molecular weight is 1410 g/mol. The minimum absolute atomic E-state index is 0.108. The minimum atomic E-state index is -1.32. The zero-order chi connectivity index (χ0) is 71.3. The lowest BCUT2D eigenvalue weighted by Crippen LogP contribution is -2.31. The molecule has 96 heavy (non-hydrogen) atoms. The van der Waals surface area contributed by atoms with Gasteiger partial charge in [0.15, 0.2) is 6.10 Å². The summed E-state index contributed by atoms with van der Waals surface area (Å²) in [5.41, 5.74) is 0. The molecule has 17 heteroatoms. The number of esters is 5. The van der Waals surface area contributed by atoms with Crippen molar-refractivity contribution in [3.05, 3.63) is 0 Å². The third-order valence-corrected chi connectivity index (χ3v) is 17.6. The highest BCUT2D eigenvalue weighted by Gasteiger charge is 2.21. The monoisotopic (exact) mass is 1410 g/mol. The van der Waals surface area contributed by atoms with Gasteiger partial charge in [-0.05, 0) is 61.7 Å². The van der Waals surface area contributed by atoms with E-state index in [1.165, 1.54) is 270 Å². The van der Waals surface area contributed by atoms with Crippen LogP contribution in [0.2, 0.25) is 0 Å². The molecule has 0 aliphatic rings. The summed E-state index contributed by atoms with van der Waals surface area (Å²) in [6.07, 6.45) is 65.2. The van der Waals surface area contributed by atoms with Gasteiger partial charge in [0.05, 0.1) is 0 Å². The van der Waals surface area contributed by atoms with Crippen molar-refractivity contribution in [1.29, 1.82) is 0 Å². The molecule has 0 atom stereocenters. The standard InChI is InChI=1S/C38H70O8.C35H68O5.C6H8Cl2O2/c1-3-5-7-9-11-13-15-17-19-21-23-25-27-29-36(41)44-32-34(46-38(43)31-35(39)40)33-45-37(42)30-28-26-24-22-20-18-16-14-12-10-8-6-4-2;1-3-5-7-9-11-13-15-17-19-21-23-25-27-29-34(37)39-31-33(36)32-40-35(38)30-28-26-24-22-20-18-16-14-12-10-8-6-4-2;7-5(9)3-1-2-4-6(8)10/h34H,3-33H2,1-2H3,(H,39,40);33,36H,3-32H2,1-2H3;1-4H2. The first-order chi connectivity index (χ1) is 46.6.